The molecule has 3 atom stereocenters. The summed E-state index contributed by atoms with van der Waals surface area (Å²) in [5, 5.41) is 8.23. The molecule has 4 nitrogen and oxygen atoms in total. The van der Waals surface area contributed by atoms with Gasteiger partial charge in [0.1, 0.15) is 10.8 Å². The summed E-state index contributed by atoms with van der Waals surface area (Å²) in [6.45, 7) is 0. The molecule has 0 heterocycles. The molecular formula is C11H11BrN2O2S. The molecule has 0 spiro atoms. The number of nitrogens with two attached hydrogens (primary N) is 1. The molecule has 1 aromatic carbocycles. The van der Waals surface area contributed by atoms with Gasteiger partial charge in [-0.05, 0) is 17.7 Å². The molecule has 90 valence electrons. The van der Waals surface area contributed by atoms with Crippen LogP contribution < -0.4 is 5.73 Å². The largest absolute Gasteiger partial charge is 0.312 e. The molecule has 0 unspecified atom stereocenters. The first-order valence-corrected chi connectivity index (χ1v) is 7.70. The molecule has 17 heavy (non-hydrogen) atoms. The number of hydrogen-bond donors (Lipinski definition) is 1. The highest BCUT2D eigenvalue weighted by atomic mass is 79.9. The number of halogens is 1. The van der Waals surface area contributed by atoms with Crippen molar-refractivity contribution >= 4 is 25.8 Å². The fourth-order valence-electron chi connectivity index (χ4n) is 2.23. The Morgan fingerprint density at radius 1 is 1.41 bits per heavy atom. The van der Waals surface area contributed by atoms with Crippen LogP contribution >= 0.6 is 15.9 Å². The minimum atomic E-state index is -3.32. The van der Waals surface area contributed by atoms with E-state index in [9.17, 15) is 8.42 Å². The number of benzene rings is 1. The Kier molecular flexibility index (Phi) is 2.81. The number of nitriles is 1. The van der Waals surface area contributed by atoms with Gasteiger partial charge in [-0.25, -0.2) is 8.42 Å². The molecule has 1 saturated carbocycles. The van der Waals surface area contributed by atoms with Gasteiger partial charge in [-0.1, -0.05) is 28.1 Å². The van der Waals surface area contributed by atoms with E-state index in [4.69, 9.17) is 11.0 Å². The van der Waals surface area contributed by atoms with E-state index in [2.05, 4.69) is 15.9 Å². The van der Waals surface area contributed by atoms with Gasteiger partial charge >= 0.3 is 0 Å². The van der Waals surface area contributed by atoms with E-state index in [1.807, 2.05) is 18.2 Å². The van der Waals surface area contributed by atoms with Crippen LogP contribution in [0.4, 0.5) is 0 Å². The molecule has 1 fully saturated rings. The van der Waals surface area contributed by atoms with Crippen LogP contribution in [0.2, 0.25) is 0 Å². The zero-order valence-electron chi connectivity index (χ0n) is 9.09. The predicted molar refractivity (Wildman–Crippen MR) is 68.0 cm³/mol. The Morgan fingerprint density at radius 2 is 1.94 bits per heavy atom. The molecular weight excluding hydrogens is 304 g/mol. The Morgan fingerprint density at radius 3 is 2.29 bits per heavy atom. The third-order valence-corrected chi connectivity index (χ3v) is 5.18. The normalized spacial score (nSPS) is 31.9. The highest BCUT2D eigenvalue weighted by Gasteiger charge is 2.69. The minimum Gasteiger partial charge on any atom is -0.312 e. The Hall–Kier alpha value is -0.900. The van der Waals surface area contributed by atoms with E-state index in [-0.39, 0.29) is 0 Å². The van der Waals surface area contributed by atoms with Crippen molar-refractivity contribution in [2.24, 2.45) is 5.73 Å². The zero-order chi connectivity index (χ0) is 12.8. The molecule has 0 bridgehead atoms. The van der Waals surface area contributed by atoms with E-state index >= 15 is 0 Å². The Labute approximate surface area is 108 Å². The van der Waals surface area contributed by atoms with Crippen LogP contribution in [0, 0.1) is 11.3 Å². The van der Waals surface area contributed by atoms with Crippen molar-refractivity contribution in [1.29, 1.82) is 5.26 Å². The topological polar surface area (TPSA) is 83.9 Å². The third-order valence-electron chi connectivity index (χ3n) is 3.06. The quantitative estimate of drug-likeness (QED) is 0.888. The number of sulfone groups is 1. The summed E-state index contributed by atoms with van der Waals surface area (Å²) in [6.07, 6.45) is 1.12. The van der Waals surface area contributed by atoms with Crippen LogP contribution in [-0.2, 0) is 9.84 Å². The molecule has 1 aliphatic rings. The van der Waals surface area contributed by atoms with E-state index in [1.54, 1.807) is 12.1 Å². The van der Waals surface area contributed by atoms with Gasteiger partial charge < -0.3 is 5.73 Å². The van der Waals surface area contributed by atoms with E-state index in [0.717, 1.165) is 16.3 Å². The van der Waals surface area contributed by atoms with Crippen molar-refractivity contribution < 1.29 is 8.42 Å². The lowest BCUT2D eigenvalue weighted by molar-refractivity contribution is 0.597. The number of nitrogens with zero attached hydrogens (tertiary/aromatic N) is 1. The summed E-state index contributed by atoms with van der Waals surface area (Å²) >= 11 is 3.30. The molecule has 2 N–H and O–H groups in total. The van der Waals surface area contributed by atoms with Crippen LogP contribution in [0.1, 0.15) is 11.5 Å². The third kappa shape index (κ3) is 1.99. The Bertz CT molecular complexity index is 591. The van der Waals surface area contributed by atoms with Gasteiger partial charge in [-0.15, -0.1) is 0 Å². The van der Waals surface area contributed by atoms with Gasteiger partial charge in [0.05, 0.1) is 6.07 Å². The maximum Gasteiger partial charge on any atom is 0.153 e. The molecule has 1 aliphatic carbocycles. The van der Waals surface area contributed by atoms with Crippen molar-refractivity contribution in [3.8, 4) is 6.07 Å². The smallest absolute Gasteiger partial charge is 0.153 e. The fraction of sp³-hybridized carbons (Fsp3) is 0.364. The molecule has 0 radical (unpaired) electrons. The maximum atomic E-state index is 11.6. The maximum absolute atomic E-state index is 11.6. The SMILES string of the molecule is CS(=O)(=O)[C@@H]1[C@H](c2ccc(Br)cc2)[C@@]1(N)C#N. The number of rotatable bonds is 2. The highest BCUT2D eigenvalue weighted by molar-refractivity contribution is 9.10. The van der Waals surface area contributed by atoms with Gasteiger partial charge in [0.15, 0.2) is 9.84 Å². The monoisotopic (exact) mass is 314 g/mol. The summed E-state index contributed by atoms with van der Waals surface area (Å²) in [5.74, 6) is -0.435. The van der Waals surface area contributed by atoms with E-state index in [1.165, 1.54) is 0 Å². The second-order valence-electron chi connectivity index (χ2n) is 4.32. The lowest BCUT2D eigenvalue weighted by Crippen LogP contribution is -2.28. The first kappa shape index (κ1) is 12.6. The summed E-state index contributed by atoms with van der Waals surface area (Å²) in [5.41, 5.74) is 5.33. The van der Waals surface area contributed by atoms with Gasteiger partial charge in [-0.2, -0.15) is 5.26 Å². The molecule has 0 amide bonds. The molecule has 0 aromatic heterocycles. The first-order valence-electron chi connectivity index (χ1n) is 4.95. The lowest BCUT2D eigenvalue weighted by Gasteiger charge is -2.00. The van der Waals surface area contributed by atoms with Crippen molar-refractivity contribution in [2.75, 3.05) is 6.26 Å². The standard InChI is InChI=1S/C11H11BrN2O2S/c1-17(15,16)10-9(11(10,14)6-13)7-2-4-8(12)5-3-7/h2-5,9-10H,14H2,1H3/t9-,10+,11-/m0/s1. The first-order chi connectivity index (χ1) is 7.80. The molecule has 0 saturated heterocycles. The predicted octanol–water partition coefficient (Wildman–Crippen LogP) is 1.18. The number of hydrogen-bond acceptors (Lipinski definition) is 4. The van der Waals surface area contributed by atoms with Crippen LogP contribution in [0.25, 0.3) is 0 Å². The molecule has 0 aliphatic heterocycles. The van der Waals surface area contributed by atoms with E-state index < -0.39 is 26.5 Å². The average molecular weight is 315 g/mol. The zero-order valence-corrected chi connectivity index (χ0v) is 11.5. The van der Waals surface area contributed by atoms with Crippen LogP contribution in [0.3, 0.4) is 0 Å². The van der Waals surface area contributed by atoms with Crippen molar-refractivity contribution in [3.63, 3.8) is 0 Å². The van der Waals surface area contributed by atoms with Gasteiger partial charge in [0, 0.05) is 16.6 Å². The molecule has 2 rings (SSSR count). The lowest BCUT2D eigenvalue weighted by atomic mass is 10.1. The summed E-state index contributed by atoms with van der Waals surface area (Å²) in [6, 6.07) is 9.12. The second-order valence-corrected chi connectivity index (χ2v) is 7.41. The minimum absolute atomic E-state index is 0.435. The molecule has 1 aromatic rings. The van der Waals surface area contributed by atoms with Crippen molar-refractivity contribution in [1.82, 2.24) is 0 Å². The fourth-order valence-corrected chi connectivity index (χ4v) is 4.20. The summed E-state index contributed by atoms with van der Waals surface area (Å²) in [4.78, 5) is 0. The van der Waals surface area contributed by atoms with Crippen molar-refractivity contribution in [3.05, 3.63) is 34.3 Å². The van der Waals surface area contributed by atoms with E-state index in [0.29, 0.717) is 0 Å². The van der Waals surface area contributed by atoms with Crippen molar-refractivity contribution in [2.45, 2.75) is 16.7 Å². The Balaban J connectivity index is 2.42. The second kappa shape index (κ2) is 3.80. The van der Waals surface area contributed by atoms with Crippen LogP contribution in [-0.4, -0.2) is 25.5 Å². The van der Waals surface area contributed by atoms with Crippen LogP contribution in [0.5, 0.6) is 0 Å². The average Bonchev–Trinajstić information content (AvgIpc) is 2.87. The van der Waals surface area contributed by atoms with Gasteiger partial charge in [0.25, 0.3) is 0 Å². The summed E-state index contributed by atoms with van der Waals surface area (Å²) < 4.78 is 24.1. The van der Waals surface area contributed by atoms with Gasteiger partial charge in [0.2, 0.25) is 0 Å². The molecule has 6 heteroatoms. The highest BCUT2D eigenvalue weighted by Crippen LogP contribution is 2.53. The van der Waals surface area contributed by atoms with Gasteiger partial charge in [-0.3, -0.25) is 0 Å². The summed E-state index contributed by atoms with van der Waals surface area (Å²) in [7, 11) is -3.32. The van der Waals surface area contributed by atoms with Crippen LogP contribution in [0.15, 0.2) is 28.7 Å².